The molecule has 1 aliphatic heterocycles. The van der Waals surface area contributed by atoms with Gasteiger partial charge in [0.2, 0.25) is 10.0 Å². The number of rotatable bonds is 5. The summed E-state index contributed by atoms with van der Waals surface area (Å²) in [6, 6.07) is 8.79. The van der Waals surface area contributed by atoms with E-state index in [1.165, 1.54) is 17.4 Å². The van der Waals surface area contributed by atoms with Crippen LogP contribution in [0.2, 0.25) is 0 Å². The van der Waals surface area contributed by atoms with Crippen LogP contribution < -0.4 is 4.72 Å². The first-order chi connectivity index (χ1) is 9.83. The van der Waals surface area contributed by atoms with E-state index in [1.807, 2.05) is 0 Å². The fourth-order valence-corrected chi connectivity index (χ4v) is 3.66. The molecular weight excluding hydrogens is 284 g/mol. The molecule has 0 saturated carbocycles. The first-order valence-electron chi connectivity index (χ1n) is 7.62. The molecule has 2 rings (SSSR count). The molecule has 0 aromatic heterocycles. The summed E-state index contributed by atoms with van der Waals surface area (Å²) in [4.78, 5) is 2.33. The Kier molecular flexibility index (Phi) is 5.41. The maximum atomic E-state index is 11.3. The lowest BCUT2D eigenvalue weighted by Gasteiger charge is -2.32. The van der Waals surface area contributed by atoms with Gasteiger partial charge in [0.05, 0.1) is 6.26 Å². The highest BCUT2D eigenvalue weighted by Gasteiger charge is 2.22. The van der Waals surface area contributed by atoms with E-state index in [0.717, 1.165) is 32.5 Å². The van der Waals surface area contributed by atoms with Crippen LogP contribution in [0.25, 0.3) is 0 Å². The molecule has 1 aromatic rings. The predicted molar refractivity (Wildman–Crippen MR) is 86.8 cm³/mol. The summed E-state index contributed by atoms with van der Waals surface area (Å²) < 4.78 is 25.4. The number of nitrogens with one attached hydrogen (secondary N) is 1. The van der Waals surface area contributed by atoms with Crippen LogP contribution in [0.4, 0.5) is 0 Å². The van der Waals surface area contributed by atoms with Gasteiger partial charge in [0, 0.05) is 19.1 Å². The number of nitrogens with zero attached hydrogens (tertiary/aromatic N) is 1. The van der Waals surface area contributed by atoms with Crippen molar-refractivity contribution >= 4 is 10.0 Å². The third-order valence-corrected chi connectivity index (χ3v) is 4.70. The Morgan fingerprint density at radius 3 is 2.52 bits per heavy atom. The highest BCUT2D eigenvalue weighted by atomic mass is 32.2. The van der Waals surface area contributed by atoms with Gasteiger partial charge in [0.1, 0.15) is 0 Å². The van der Waals surface area contributed by atoms with Gasteiger partial charge in [0.15, 0.2) is 0 Å². The quantitative estimate of drug-likeness (QED) is 0.908. The Balaban J connectivity index is 1.93. The second kappa shape index (κ2) is 6.90. The zero-order valence-electron chi connectivity index (χ0n) is 13.2. The van der Waals surface area contributed by atoms with Gasteiger partial charge >= 0.3 is 0 Å². The molecule has 5 heteroatoms. The van der Waals surface area contributed by atoms with E-state index < -0.39 is 10.0 Å². The van der Waals surface area contributed by atoms with Crippen molar-refractivity contribution in [3.63, 3.8) is 0 Å². The number of piperidine rings is 1. The van der Waals surface area contributed by atoms with Crippen molar-refractivity contribution in [1.82, 2.24) is 9.62 Å². The Labute approximate surface area is 128 Å². The number of benzene rings is 1. The molecule has 1 aliphatic rings. The summed E-state index contributed by atoms with van der Waals surface area (Å²) in [6.07, 6.45) is 3.20. The van der Waals surface area contributed by atoms with Crippen LogP contribution in [0.3, 0.4) is 0 Å². The summed E-state index contributed by atoms with van der Waals surface area (Å²) in [5.41, 5.74) is 2.65. The maximum absolute atomic E-state index is 11.3. The Hall–Kier alpha value is -0.910. The molecule has 0 spiro atoms. The summed E-state index contributed by atoms with van der Waals surface area (Å²) in [5.74, 6) is 0.553. The third kappa shape index (κ3) is 5.41. The lowest BCUT2D eigenvalue weighted by atomic mass is 10.0. The van der Waals surface area contributed by atoms with E-state index in [9.17, 15) is 8.42 Å². The Morgan fingerprint density at radius 1 is 1.29 bits per heavy atom. The van der Waals surface area contributed by atoms with Crippen molar-refractivity contribution in [3.8, 4) is 0 Å². The van der Waals surface area contributed by atoms with E-state index >= 15 is 0 Å². The third-order valence-electron chi connectivity index (χ3n) is 3.94. The largest absolute Gasteiger partial charge is 0.298 e. The van der Waals surface area contributed by atoms with Crippen LogP contribution in [-0.4, -0.2) is 38.7 Å². The van der Waals surface area contributed by atoms with Crippen LogP contribution in [0, 0.1) is 0 Å². The van der Waals surface area contributed by atoms with Gasteiger partial charge in [-0.25, -0.2) is 13.1 Å². The average Bonchev–Trinajstić information content (AvgIpc) is 2.37. The van der Waals surface area contributed by atoms with Crippen molar-refractivity contribution in [3.05, 3.63) is 35.4 Å². The van der Waals surface area contributed by atoms with Gasteiger partial charge in [-0.15, -0.1) is 0 Å². The SMILES string of the molecule is CC(C)c1ccc(CN2CCCC(NS(C)(=O)=O)C2)cc1. The fraction of sp³-hybridized carbons (Fsp3) is 0.625. The van der Waals surface area contributed by atoms with Crippen molar-refractivity contribution < 1.29 is 8.42 Å². The van der Waals surface area contributed by atoms with E-state index in [-0.39, 0.29) is 6.04 Å². The van der Waals surface area contributed by atoms with Crippen LogP contribution in [0.15, 0.2) is 24.3 Å². The second-order valence-electron chi connectivity index (χ2n) is 6.36. The van der Waals surface area contributed by atoms with Crippen molar-refractivity contribution in [2.75, 3.05) is 19.3 Å². The predicted octanol–water partition coefficient (Wildman–Crippen LogP) is 2.32. The molecule has 4 nitrogen and oxygen atoms in total. The van der Waals surface area contributed by atoms with Crippen molar-refractivity contribution in [2.45, 2.75) is 45.2 Å². The monoisotopic (exact) mass is 310 g/mol. The molecule has 1 saturated heterocycles. The van der Waals surface area contributed by atoms with Crippen LogP contribution >= 0.6 is 0 Å². The fourth-order valence-electron chi connectivity index (χ4n) is 2.86. The molecule has 118 valence electrons. The normalized spacial score (nSPS) is 20.9. The average molecular weight is 310 g/mol. The van der Waals surface area contributed by atoms with Crippen LogP contribution in [0.1, 0.15) is 43.7 Å². The smallest absolute Gasteiger partial charge is 0.208 e. The van der Waals surface area contributed by atoms with Crippen LogP contribution in [0.5, 0.6) is 0 Å². The maximum Gasteiger partial charge on any atom is 0.208 e. The van der Waals surface area contributed by atoms with E-state index in [2.05, 4.69) is 47.7 Å². The van der Waals surface area contributed by atoms with Gasteiger partial charge in [-0.3, -0.25) is 4.90 Å². The van der Waals surface area contributed by atoms with Crippen molar-refractivity contribution in [1.29, 1.82) is 0 Å². The number of sulfonamides is 1. The summed E-state index contributed by atoms with van der Waals surface area (Å²) in [6.45, 7) is 7.11. The molecule has 0 aliphatic carbocycles. The number of hydrogen-bond donors (Lipinski definition) is 1. The zero-order chi connectivity index (χ0) is 15.5. The van der Waals surface area contributed by atoms with Gasteiger partial charge < -0.3 is 0 Å². The van der Waals surface area contributed by atoms with Gasteiger partial charge in [-0.1, -0.05) is 38.1 Å². The molecule has 0 amide bonds. The Morgan fingerprint density at radius 2 is 1.95 bits per heavy atom. The first-order valence-corrected chi connectivity index (χ1v) is 9.51. The van der Waals surface area contributed by atoms with Crippen molar-refractivity contribution in [2.24, 2.45) is 0 Å². The van der Waals surface area contributed by atoms with E-state index in [4.69, 9.17) is 0 Å². The minimum Gasteiger partial charge on any atom is -0.298 e. The minimum absolute atomic E-state index is 0.0451. The Bertz CT molecular complexity index is 552. The lowest BCUT2D eigenvalue weighted by Crippen LogP contribution is -2.46. The molecule has 1 aromatic carbocycles. The summed E-state index contributed by atoms with van der Waals surface area (Å²) in [5, 5.41) is 0. The minimum atomic E-state index is -3.11. The number of likely N-dealkylation sites (tertiary alicyclic amines) is 1. The molecule has 1 fully saturated rings. The first kappa shape index (κ1) is 16.5. The number of hydrogen-bond acceptors (Lipinski definition) is 3. The molecule has 21 heavy (non-hydrogen) atoms. The standard InChI is InChI=1S/C16H26N2O2S/c1-13(2)15-8-6-14(7-9-15)11-18-10-4-5-16(12-18)17-21(3,19)20/h6-9,13,16-17H,4-5,10-12H2,1-3H3. The topological polar surface area (TPSA) is 49.4 Å². The molecule has 0 radical (unpaired) electrons. The second-order valence-corrected chi connectivity index (χ2v) is 8.14. The van der Waals surface area contributed by atoms with Gasteiger partial charge in [0.25, 0.3) is 0 Å². The lowest BCUT2D eigenvalue weighted by molar-refractivity contribution is 0.194. The molecule has 1 atom stereocenters. The molecule has 1 N–H and O–H groups in total. The highest BCUT2D eigenvalue weighted by molar-refractivity contribution is 7.88. The summed E-state index contributed by atoms with van der Waals surface area (Å²) in [7, 11) is -3.11. The molecule has 0 bridgehead atoms. The van der Waals surface area contributed by atoms with E-state index in [0.29, 0.717) is 5.92 Å². The van der Waals surface area contributed by atoms with Gasteiger partial charge in [-0.2, -0.15) is 0 Å². The molecule has 1 heterocycles. The highest BCUT2D eigenvalue weighted by Crippen LogP contribution is 2.18. The molecular formula is C16H26N2O2S. The zero-order valence-corrected chi connectivity index (χ0v) is 14.0. The van der Waals surface area contributed by atoms with Gasteiger partial charge in [-0.05, 0) is 36.4 Å². The summed E-state index contributed by atoms with van der Waals surface area (Å²) >= 11 is 0. The molecule has 1 unspecified atom stereocenters. The van der Waals surface area contributed by atoms with E-state index in [1.54, 1.807) is 0 Å². The van der Waals surface area contributed by atoms with Crippen LogP contribution in [-0.2, 0) is 16.6 Å².